The molecule has 2 aromatic heterocycles. The van der Waals surface area contributed by atoms with E-state index in [4.69, 9.17) is 4.42 Å². The summed E-state index contributed by atoms with van der Waals surface area (Å²) >= 11 is 0. The smallest absolute Gasteiger partial charge is 0.222 e. The lowest BCUT2D eigenvalue weighted by atomic mass is 10.1. The molecule has 1 atom stereocenters. The fourth-order valence-corrected chi connectivity index (χ4v) is 1.48. The normalized spacial score (nSPS) is 12.3. The number of rotatable bonds is 5. The van der Waals surface area contributed by atoms with Crippen LogP contribution < -0.4 is 5.32 Å². The van der Waals surface area contributed by atoms with Crippen LogP contribution in [0.25, 0.3) is 0 Å². The van der Waals surface area contributed by atoms with Gasteiger partial charge in [-0.25, -0.2) is 9.97 Å². The van der Waals surface area contributed by atoms with Crippen LogP contribution in [0.4, 0.5) is 5.95 Å². The standard InChI is InChI=1S/C12H15N3O/c1-10(5-6-11-4-2-9-16-11)15-12-13-7-3-8-14-12/h2-4,7-10H,5-6H2,1H3,(H,13,14,15). The highest BCUT2D eigenvalue weighted by Crippen LogP contribution is 2.08. The topological polar surface area (TPSA) is 51.0 Å². The Bertz CT molecular complexity index is 399. The van der Waals surface area contributed by atoms with E-state index < -0.39 is 0 Å². The third-order valence-corrected chi connectivity index (χ3v) is 2.35. The molecule has 0 aromatic carbocycles. The molecule has 0 amide bonds. The molecule has 2 heterocycles. The van der Waals surface area contributed by atoms with E-state index in [1.807, 2.05) is 12.1 Å². The molecule has 0 radical (unpaired) electrons. The maximum absolute atomic E-state index is 5.28. The van der Waals surface area contributed by atoms with Crippen molar-refractivity contribution in [2.75, 3.05) is 5.32 Å². The van der Waals surface area contributed by atoms with Crippen LogP contribution in [0.5, 0.6) is 0 Å². The fraction of sp³-hybridized carbons (Fsp3) is 0.333. The van der Waals surface area contributed by atoms with Gasteiger partial charge in [0, 0.05) is 24.9 Å². The van der Waals surface area contributed by atoms with E-state index in [9.17, 15) is 0 Å². The zero-order chi connectivity index (χ0) is 11.2. The minimum atomic E-state index is 0.326. The lowest BCUT2D eigenvalue weighted by Gasteiger charge is -2.12. The number of anilines is 1. The molecule has 16 heavy (non-hydrogen) atoms. The highest BCUT2D eigenvalue weighted by molar-refractivity contribution is 5.23. The molecule has 1 N–H and O–H groups in total. The summed E-state index contributed by atoms with van der Waals surface area (Å²) in [6, 6.07) is 6.03. The Labute approximate surface area is 94.7 Å². The van der Waals surface area contributed by atoms with E-state index in [2.05, 4.69) is 22.2 Å². The van der Waals surface area contributed by atoms with E-state index in [0.29, 0.717) is 12.0 Å². The Balaban J connectivity index is 1.78. The molecule has 0 bridgehead atoms. The van der Waals surface area contributed by atoms with Crippen molar-refractivity contribution in [2.45, 2.75) is 25.8 Å². The number of nitrogens with zero attached hydrogens (tertiary/aromatic N) is 2. The molecule has 2 aromatic rings. The van der Waals surface area contributed by atoms with Crippen molar-refractivity contribution in [1.29, 1.82) is 0 Å². The van der Waals surface area contributed by atoms with E-state index in [-0.39, 0.29) is 0 Å². The van der Waals surface area contributed by atoms with Gasteiger partial charge in [0.1, 0.15) is 5.76 Å². The average molecular weight is 217 g/mol. The lowest BCUT2D eigenvalue weighted by Crippen LogP contribution is -2.17. The van der Waals surface area contributed by atoms with Crippen molar-refractivity contribution >= 4 is 5.95 Å². The molecule has 84 valence electrons. The first-order valence-corrected chi connectivity index (χ1v) is 5.40. The van der Waals surface area contributed by atoms with Crippen molar-refractivity contribution < 1.29 is 4.42 Å². The molecule has 0 saturated heterocycles. The van der Waals surface area contributed by atoms with Gasteiger partial charge in [-0.05, 0) is 31.5 Å². The third kappa shape index (κ3) is 3.08. The van der Waals surface area contributed by atoms with Crippen LogP contribution in [0.15, 0.2) is 41.3 Å². The third-order valence-electron chi connectivity index (χ3n) is 2.35. The number of hydrogen-bond acceptors (Lipinski definition) is 4. The zero-order valence-corrected chi connectivity index (χ0v) is 9.26. The summed E-state index contributed by atoms with van der Waals surface area (Å²) in [5.74, 6) is 1.69. The summed E-state index contributed by atoms with van der Waals surface area (Å²) in [7, 11) is 0. The minimum absolute atomic E-state index is 0.326. The number of hydrogen-bond donors (Lipinski definition) is 1. The van der Waals surface area contributed by atoms with Crippen molar-refractivity contribution in [1.82, 2.24) is 9.97 Å². The molecule has 0 saturated carbocycles. The van der Waals surface area contributed by atoms with Crippen molar-refractivity contribution in [2.24, 2.45) is 0 Å². The van der Waals surface area contributed by atoms with Crippen LogP contribution in [0.2, 0.25) is 0 Å². The molecular formula is C12H15N3O. The molecule has 4 heteroatoms. The summed E-state index contributed by atoms with van der Waals surface area (Å²) < 4.78 is 5.28. The van der Waals surface area contributed by atoms with Crippen LogP contribution in [0, 0.1) is 0 Å². The van der Waals surface area contributed by atoms with Gasteiger partial charge in [-0.2, -0.15) is 0 Å². The quantitative estimate of drug-likeness (QED) is 0.836. The minimum Gasteiger partial charge on any atom is -0.469 e. The Kier molecular flexibility index (Phi) is 3.53. The largest absolute Gasteiger partial charge is 0.469 e. The lowest BCUT2D eigenvalue weighted by molar-refractivity contribution is 0.494. The monoisotopic (exact) mass is 217 g/mol. The van der Waals surface area contributed by atoms with Crippen molar-refractivity contribution in [3.8, 4) is 0 Å². The highest BCUT2D eigenvalue weighted by atomic mass is 16.3. The summed E-state index contributed by atoms with van der Waals surface area (Å²) in [6.07, 6.45) is 7.08. The second-order valence-corrected chi connectivity index (χ2v) is 3.74. The molecule has 4 nitrogen and oxygen atoms in total. The molecule has 0 aliphatic heterocycles. The second-order valence-electron chi connectivity index (χ2n) is 3.74. The summed E-state index contributed by atoms with van der Waals surface area (Å²) in [5.41, 5.74) is 0. The Hall–Kier alpha value is -1.84. The molecule has 0 aliphatic rings. The summed E-state index contributed by atoms with van der Waals surface area (Å²) in [6.45, 7) is 2.11. The van der Waals surface area contributed by atoms with Gasteiger partial charge in [-0.3, -0.25) is 0 Å². The van der Waals surface area contributed by atoms with Gasteiger partial charge >= 0.3 is 0 Å². The predicted octanol–water partition coefficient (Wildman–Crippen LogP) is 2.50. The van der Waals surface area contributed by atoms with Crippen LogP contribution >= 0.6 is 0 Å². The summed E-state index contributed by atoms with van der Waals surface area (Å²) in [5, 5.41) is 3.24. The van der Waals surface area contributed by atoms with Gasteiger partial charge in [-0.1, -0.05) is 0 Å². The van der Waals surface area contributed by atoms with Gasteiger partial charge < -0.3 is 9.73 Å². The second kappa shape index (κ2) is 5.30. The predicted molar refractivity (Wildman–Crippen MR) is 62.1 cm³/mol. The Morgan fingerprint density at radius 2 is 2.12 bits per heavy atom. The molecule has 0 spiro atoms. The van der Waals surface area contributed by atoms with Crippen LogP contribution in [-0.4, -0.2) is 16.0 Å². The first-order valence-electron chi connectivity index (χ1n) is 5.40. The molecule has 0 fully saturated rings. The van der Waals surface area contributed by atoms with Gasteiger partial charge in [0.2, 0.25) is 5.95 Å². The van der Waals surface area contributed by atoms with E-state index in [0.717, 1.165) is 18.6 Å². The molecule has 2 rings (SSSR count). The Morgan fingerprint density at radius 3 is 2.81 bits per heavy atom. The van der Waals surface area contributed by atoms with Gasteiger partial charge in [0.25, 0.3) is 0 Å². The average Bonchev–Trinajstić information content (AvgIpc) is 2.81. The zero-order valence-electron chi connectivity index (χ0n) is 9.26. The first-order chi connectivity index (χ1) is 7.84. The number of aryl methyl sites for hydroxylation is 1. The van der Waals surface area contributed by atoms with E-state index in [1.54, 1.807) is 24.7 Å². The van der Waals surface area contributed by atoms with Crippen LogP contribution in [-0.2, 0) is 6.42 Å². The van der Waals surface area contributed by atoms with Crippen molar-refractivity contribution in [3.63, 3.8) is 0 Å². The summed E-state index contributed by atoms with van der Waals surface area (Å²) in [4.78, 5) is 8.24. The van der Waals surface area contributed by atoms with E-state index >= 15 is 0 Å². The maximum Gasteiger partial charge on any atom is 0.222 e. The molecule has 0 aliphatic carbocycles. The van der Waals surface area contributed by atoms with Gasteiger partial charge in [0.15, 0.2) is 0 Å². The first kappa shape index (κ1) is 10.7. The SMILES string of the molecule is CC(CCc1ccco1)Nc1ncccn1. The van der Waals surface area contributed by atoms with Gasteiger partial charge in [0.05, 0.1) is 6.26 Å². The molecule has 1 unspecified atom stereocenters. The number of nitrogens with one attached hydrogen (secondary N) is 1. The highest BCUT2D eigenvalue weighted by Gasteiger charge is 2.04. The van der Waals surface area contributed by atoms with Crippen molar-refractivity contribution in [3.05, 3.63) is 42.6 Å². The molecular weight excluding hydrogens is 202 g/mol. The Morgan fingerprint density at radius 1 is 1.31 bits per heavy atom. The van der Waals surface area contributed by atoms with Gasteiger partial charge in [-0.15, -0.1) is 0 Å². The van der Waals surface area contributed by atoms with E-state index in [1.165, 1.54) is 0 Å². The van der Waals surface area contributed by atoms with Crippen LogP contribution in [0.3, 0.4) is 0 Å². The fourth-order valence-electron chi connectivity index (χ4n) is 1.48. The number of furan rings is 1. The number of aromatic nitrogens is 2. The van der Waals surface area contributed by atoms with Crippen LogP contribution in [0.1, 0.15) is 19.1 Å². The maximum atomic E-state index is 5.28.